The average Bonchev–Trinajstić information content (AvgIpc) is 2.67. The van der Waals surface area contributed by atoms with Gasteiger partial charge in [0.05, 0.1) is 24.9 Å². The van der Waals surface area contributed by atoms with Crippen LogP contribution in [0.15, 0.2) is 24.5 Å². The Morgan fingerprint density at radius 3 is 2.73 bits per heavy atom. The summed E-state index contributed by atoms with van der Waals surface area (Å²) in [6, 6.07) is 3.67. The number of aliphatic hydroxyl groups is 2. The minimum Gasteiger partial charge on any atom is -0.394 e. The van der Waals surface area contributed by atoms with E-state index >= 15 is 0 Å². The Labute approximate surface area is 152 Å². The molecule has 138 valence electrons. The number of hydrogen-bond donors (Lipinski definition) is 2. The first-order chi connectivity index (χ1) is 12.5. The number of amides is 1. The lowest BCUT2D eigenvalue weighted by Crippen LogP contribution is -2.37. The number of carbonyl (C=O) groups excluding carboxylic acids is 1. The van der Waals surface area contributed by atoms with Gasteiger partial charge in [-0.3, -0.25) is 9.78 Å². The molecule has 0 radical (unpaired) electrons. The molecule has 0 saturated carbocycles. The molecular formula is C18H23N5O3. The molecule has 2 aromatic rings. The van der Waals surface area contributed by atoms with Crippen molar-refractivity contribution >= 4 is 11.7 Å². The lowest BCUT2D eigenvalue weighted by molar-refractivity contribution is -0.129. The number of rotatable bonds is 5. The number of carbonyl (C=O) groups is 1. The Kier molecular flexibility index (Phi) is 5.43. The van der Waals surface area contributed by atoms with Crippen LogP contribution in [0.3, 0.4) is 0 Å². The molecule has 2 N–H and O–H groups in total. The van der Waals surface area contributed by atoms with Crippen molar-refractivity contribution in [2.75, 3.05) is 31.6 Å². The van der Waals surface area contributed by atoms with Crippen LogP contribution in [-0.4, -0.2) is 68.8 Å². The van der Waals surface area contributed by atoms with Crippen LogP contribution >= 0.6 is 0 Å². The molecule has 3 rings (SSSR count). The fourth-order valence-electron chi connectivity index (χ4n) is 3.09. The van der Waals surface area contributed by atoms with E-state index in [2.05, 4.69) is 9.97 Å². The molecule has 8 nitrogen and oxygen atoms in total. The van der Waals surface area contributed by atoms with Crippen LogP contribution in [0.4, 0.5) is 5.82 Å². The Balaban J connectivity index is 2.04. The van der Waals surface area contributed by atoms with Crippen LogP contribution in [0.2, 0.25) is 0 Å². The van der Waals surface area contributed by atoms with E-state index in [0.29, 0.717) is 25.3 Å². The van der Waals surface area contributed by atoms with Crippen LogP contribution < -0.4 is 4.90 Å². The van der Waals surface area contributed by atoms with E-state index in [-0.39, 0.29) is 19.1 Å². The summed E-state index contributed by atoms with van der Waals surface area (Å²) in [7, 11) is 1.83. The fraction of sp³-hybridized carbons (Fsp3) is 0.444. The van der Waals surface area contributed by atoms with Crippen molar-refractivity contribution in [2.45, 2.75) is 26.0 Å². The first-order valence-corrected chi connectivity index (χ1v) is 8.55. The number of aromatic nitrogens is 3. The van der Waals surface area contributed by atoms with Gasteiger partial charge in [-0.25, -0.2) is 9.97 Å². The highest BCUT2D eigenvalue weighted by Crippen LogP contribution is 2.29. The van der Waals surface area contributed by atoms with Gasteiger partial charge < -0.3 is 20.0 Å². The van der Waals surface area contributed by atoms with Gasteiger partial charge in [-0.05, 0) is 18.6 Å². The molecule has 1 aliphatic heterocycles. The SMILES string of the molecule is CC(=O)N1CCc2c(nc(-c3ccncc3)nc2N(C)C[C@H](O)CO)C1. The quantitative estimate of drug-likeness (QED) is 0.790. The molecule has 1 amide bonds. The summed E-state index contributed by atoms with van der Waals surface area (Å²) in [6.07, 6.45) is 3.16. The summed E-state index contributed by atoms with van der Waals surface area (Å²) < 4.78 is 0. The van der Waals surface area contributed by atoms with E-state index in [4.69, 9.17) is 10.1 Å². The molecule has 0 spiro atoms. The van der Waals surface area contributed by atoms with E-state index in [9.17, 15) is 9.90 Å². The van der Waals surface area contributed by atoms with Crippen molar-refractivity contribution in [1.29, 1.82) is 0 Å². The molecule has 1 atom stereocenters. The molecule has 0 unspecified atom stereocenters. The molecule has 2 aromatic heterocycles. The Morgan fingerprint density at radius 1 is 1.35 bits per heavy atom. The average molecular weight is 357 g/mol. The van der Waals surface area contributed by atoms with Gasteiger partial charge in [-0.15, -0.1) is 0 Å². The van der Waals surface area contributed by atoms with E-state index in [0.717, 1.165) is 22.6 Å². The predicted molar refractivity (Wildman–Crippen MR) is 96.4 cm³/mol. The van der Waals surface area contributed by atoms with Gasteiger partial charge in [0, 0.05) is 50.6 Å². The van der Waals surface area contributed by atoms with Gasteiger partial charge >= 0.3 is 0 Å². The minimum absolute atomic E-state index is 0.0188. The van der Waals surface area contributed by atoms with Gasteiger partial charge in [0.1, 0.15) is 5.82 Å². The normalized spacial score (nSPS) is 14.7. The van der Waals surface area contributed by atoms with Crippen LogP contribution in [0.5, 0.6) is 0 Å². The molecule has 0 saturated heterocycles. The Morgan fingerprint density at radius 2 is 2.08 bits per heavy atom. The predicted octanol–water partition coefficient (Wildman–Crippen LogP) is 0.233. The van der Waals surface area contributed by atoms with Crippen LogP contribution in [-0.2, 0) is 17.8 Å². The highest BCUT2D eigenvalue weighted by Gasteiger charge is 2.26. The lowest BCUT2D eigenvalue weighted by atomic mass is 10.0. The van der Waals surface area contributed by atoms with Crippen molar-refractivity contribution in [1.82, 2.24) is 19.9 Å². The standard InChI is InChI=1S/C18H23N5O3/c1-12(25)23-8-5-15-16(10-23)20-17(13-3-6-19-7-4-13)21-18(15)22(2)9-14(26)11-24/h3-4,6-7,14,24,26H,5,8-11H2,1-2H3/t14-/m0/s1. The highest BCUT2D eigenvalue weighted by molar-refractivity contribution is 5.74. The van der Waals surface area contributed by atoms with E-state index in [1.54, 1.807) is 24.2 Å². The first kappa shape index (κ1) is 18.2. The number of nitrogens with zero attached hydrogens (tertiary/aromatic N) is 5. The minimum atomic E-state index is -0.854. The molecule has 0 aliphatic carbocycles. The molecule has 8 heteroatoms. The topological polar surface area (TPSA) is 103 Å². The first-order valence-electron chi connectivity index (χ1n) is 8.55. The smallest absolute Gasteiger partial charge is 0.219 e. The van der Waals surface area contributed by atoms with Crippen molar-refractivity contribution in [3.63, 3.8) is 0 Å². The van der Waals surface area contributed by atoms with Gasteiger partial charge in [0.2, 0.25) is 5.91 Å². The van der Waals surface area contributed by atoms with Crippen molar-refractivity contribution in [3.05, 3.63) is 35.8 Å². The fourth-order valence-corrected chi connectivity index (χ4v) is 3.09. The van der Waals surface area contributed by atoms with Crippen molar-refractivity contribution in [2.24, 2.45) is 0 Å². The maximum atomic E-state index is 11.8. The monoisotopic (exact) mass is 357 g/mol. The van der Waals surface area contributed by atoms with E-state index < -0.39 is 6.10 Å². The molecular weight excluding hydrogens is 334 g/mol. The van der Waals surface area contributed by atoms with Crippen LogP contribution in [0.25, 0.3) is 11.4 Å². The second kappa shape index (κ2) is 7.76. The summed E-state index contributed by atoms with van der Waals surface area (Å²) in [6.45, 7) is 2.55. The zero-order valence-electron chi connectivity index (χ0n) is 15.0. The third kappa shape index (κ3) is 3.81. The maximum Gasteiger partial charge on any atom is 0.219 e. The lowest BCUT2D eigenvalue weighted by Gasteiger charge is -2.31. The number of likely N-dealkylation sites (N-methyl/N-ethyl adjacent to an activating group) is 1. The summed E-state index contributed by atoms with van der Waals surface area (Å²) in [5.74, 6) is 1.29. The second-order valence-electron chi connectivity index (χ2n) is 6.44. The molecule has 3 heterocycles. The number of fused-ring (bicyclic) bond motifs is 1. The summed E-state index contributed by atoms with van der Waals surface area (Å²) >= 11 is 0. The van der Waals surface area contributed by atoms with Gasteiger partial charge in [-0.1, -0.05) is 0 Å². The number of hydrogen-bond acceptors (Lipinski definition) is 7. The van der Waals surface area contributed by atoms with E-state index in [1.807, 2.05) is 24.1 Å². The third-order valence-corrected chi connectivity index (χ3v) is 4.48. The summed E-state index contributed by atoms with van der Waals surface area (Å²) in [5, 5.41) is 18.9. The summed E-state index contributed by atoms with van der Waals surface area (Å²) in [5.41, 5.74) is 2.63. The molecule has 0 aromatic carbocycles. The Bertz CT molecular complexity index is 784. The van der Waals surface area contributed by atoms with Crippen LogP contribution in [0, 0.1) is 0 Å². The molecule has 26 heavy (non-hydrogen) atoms. The van der Waals surface area contributed by atoms with Crippen molar-refractivity contribution in [3.8, 4) is 11.4 Å². The van der Waals surface area contributed by atoms with Crippen molar-refractivity contribution < 1.29 is 15.0 Å². The number of aliphatic hydroxyl groups excluding tert-OH is 2. The van der Waals surface area contributed by atoms with Gasteiger partial charge in [-0.2, -0.15) is 0 Å². The largest absolute Gasteiger partial charge is 0.394 e. The molecule has 0 bridgehead atoms. The number of pyridine rings is 1. The highest BCUT2D eigenvalue weighted by atomic mass is 16.3. The zero-order valence-corrected chi connectivity index (χ0v) is 15.0. The number of anilines is 1. The van der Waals surface area contributed by atoms with Gasteiger partial charge in [0.15, 0.2) is 5.82 Å². The third-order valence-electron chi connectivity index (χ3n) is 4.48. The van der Waals surface area contributed by atoms with Crippen LogP contribution in [0.1, 0.15) is 18.2 Å². The molecule has 1 aliphatic rings. The summed E-state index contributed by atoms with van der Waals surface area (Å²) in [4.78, 5) is 28.8. The maximum absolute atomic E-state index is 11.8. The van der Waals surface area contributed by atoms with Gasteiger partial charge in [0.25, 0.3) is 0 Å². The zero-order chi connectivity index (χ0) is 18.7. The second-order valence-corrected chi connectivity index (χ2v) is 6.44. The van der Waals surface area contributed by atoms with E-state index in [1.165, 1.54) is 0 Å². The molecule has 0 fully saturated rings. The Hall–Kier alpha value is -2.58.